The van der Waals surface area contributed by atoms with E-state index in [4.69, 9.17) is 0 Å². The molecule has 0 bridgehead atoms. The van der Waals surface area contributed by atoms with Crippen LogP contribution in [0.2, 0.25) is 0 Å². The molecule has 2 aliphatic rings. The fourth-order valence-electron chi connectivity index (χ4n) is 3.82. The Labute approximate surface area is 168 Å². The van der Waals surface area contributed by atoms with E-state index in [1.165, 1.54) is 0 Å². The summed E-state index contributed by atoms with van der Waals surface area (Å²) < 4.78 is 38.0. The molecule has 0 spiro atoms. The number of hydrogen-bond acceptors (Lipinski definition) is 4. The normalized spacial score (nSPS) is 24.4. The van der Waals surface area contributed by atoms with Crippen LogP contribution in [0, 0.1) is 12.3 Å². The van der Waals surface area contributed by atoms with Gasteiger partial charge in [-0.1, -0.05) is 26.8 Å². The second-order valence-corrected chi connectivity index (χ2v) is 9.08. The number of carbonyl (C=O) groups excluding carboxylic acids is 1. The number of aromatic nitrogens is 1. The Morgan fingerprint density at radius 2 is 1.93 bits per heavy atom. The highest BCUT2D eigenvalue weighted by Crippen LogP contribution is 2.30. The third-order valence-corrected chi connectivity index (χ3v) is 5.49. The van der Waals surface area contributed by atoms with Gasteiger partial charge in [0, 0.05) is 17.3 Å². The van der Waals surface area contributed by atoms with E-state index in [0.29, 0.717) is 30.3 Å². The van der Waals surface area contributed by atoms with Gasteiger partial charge < -0.3 is 15.7 Å². The molecule has 3 rings (SSSR count). The molecule has 1 saturated carbocycles. The standard InChI is InChI=1S/C21H28F3N3O2/c1-11-5-17(19(29)26-13-6-14(28)7-13)27-18-15(11)8-12(25-10-21(22,23)24)9-16(18)20(2,3)4/h5,8,12-14,25,28H,6-7,9-10H2,1-4H3,(H,26,29). The third kappa shape index (κ3) is 5.17. The molecule has 1 fully saturated rings. The Hall–Kier alpha value is -1.93. The van der Waals surface area contributed by atoms with Crippen molar-refractivity contribution < 1.29 is 23.1 Å². The van der Waals surface area contributed by atoms with Crippen LogP contribution in [-0.2, 0) is 0 Å². The SMILES string of the molecule is Cc1cc(C(=O)NC2CC(O)C2)nc2c1=CC(NCC(F)(F)F)CC=2C(C)(C)C. The molecule has 1 aromatic rings. The minimum absolute atomic E-state index is 0.0517. The molecular formula is C21H28F3N3O2. The smallest absolute Gasteiger partial charge is 0.393 e. The molecule has 2 aliphatic carbocycles. The predicted molar refractivity (Wildman–Crippen MR) is 105 cm³/mol. The van der Waals surface area contributed by atoms with E-state index in [9.17, 15) is 23.1 Å². The fourth-order valence-corrected chi connectivity index (χ4v) is 3.82. The summed E-state index contributed by atoms with van der Waals surface area (Å²) in [5.41, 5.74) is 1.70. The van der Waals surface area contributed by atoms with Gasteiger partial charge in [-0.2, -0.15) is 13.2 Å². The molecule has 1 aromatic heterocycles. The number of alkyl halides is 3. The molecule has 29 heavy (non-hydrogen) atoms. The van der Waals surface area contributed by atoms with E-state index in [2.05, 4.69) is 15.6 Å². The zero-order chi connectivity index (χ0) is 21.6. The molecule has 0 aromatic carbocycles. The van der Waals surface area contributed by atoms with Gasteiger partial charge in [0.05, 0.1) is 18.0 Å². The van der Waals surface area contributed by atoms with Crippen molar-refractivity contribution in [2.45, 2.75) is 71.3 Å². The van der Waals surface area contributed by atoms with Crippen molar-refractivity contribution in [3.63, 3.8) is 0 Å². The van der Waals surface area contributed by atoms with Crippen LogP contribution in [0.4, 0.5) is 13.2 Å². The molecule has 0 radical (unpaired) electrons. The third-order valence-electron chi connectivity index (χ3n) is 5.49. The Balaban J connectivity index is 1.98. The van der Waals surface area contributed by atoms with Crippen molar-refractivity contribution in [1.29, 1.82) is 0 Å². The van der Waals surface area contributed by atoms with Gasteiger partial charge >= 0.3 is 6.18 Å². The molecule has 1 atom stereocenters. The highest BCUT2D eigenvalue weighted by molar-refractivity contribution is 5.92. The summed E-state index contributed by atoms with van der Waals surface area (Å²) in [6, 6.07) is 1.17. The lowest BCUT2D eigenvalue weighted by molar-refractivity contribution is -0.125. The van der Waals surface area contributed by atoms with Gasteiger partial charge in [-0.3, -0.25) is 4.79 Å². The van der Waals surface area contributed by atoms with Crippen LogP contribution in [0.15, 0.2) is 6.07 Å². The van der Waals surface area contributed by atoms with Gasteiger partial charge in [-0.05, 0) is 48.8 Å². The average molecular weight is 411 g/mol. The Morgan fingerprint density at radius 3 is 2.48 bits per heavy atom. The number of aryl methyl sites for hydroxylation is 1. The minimum Gasteiger partial charge on any atom is -0.393 e. The quantitative estimate of drug-likeness (QED) is 0.703. The number of aliphatic hydroxyl groups is 1. The number of fused-ring (bicyclic) bond motifs is 1. The van der Waals surface area contributed by atoms with Gasteiger partial charge in [0.2, 0.25) is 0 Å². The largest absolute Gasteiger partial charge is 0.401 e. The number of amides is 1. The summed E-state index contributed by atoms with van der Waals surface area (Å²) in [4.78, 5) is 17.2. The van der Waals surface area contributed by atoms with Crippen LogP contribution in [-0.4, -0.2) is 46.9 Å². The number of halogens is 3. The van der Waals surface area contributed by atoms with E-state index in [0.717, 1.165) is 16.4 Å². The Bertz CT molecular complexity index is 913. The van der Waals surface area contributed by atoms with Crippen LogP contribution in [0.25, 0.3) is 11.6 Å². The molecule has 1 amide bonds. The van der Waals surface area contributed by atoms with E-state index >= 15 is 0 Å². The van der Waals surface area contributed by atoms with Crippen LogP contribution in [0.3, 0.4) is 0 Å². The minimum atomic E-state index is -4.28. The molecule has 3 N–H and O–H groups in total. The van der Waals surface area contributed by atoms with Gasteiger partial charge in [0.1, 0.15) is 5.69 Å². The van der Waals surface area contributed by atoms with Gasteiger partial charge in [-0.15, -0.1) is 0 Å². The number of hydrogen-bond donors (Lipinski definition) is 3. The Kier molecular flexibility index (Phi) is 5.80. The molecule has 1 heterocycles. The predicted octanol–water partition coefficient (Wildman–Crippen LogP) is 1.54. The first kappa shape index (κ1) is 21.8. The number of nitrogens with zero attached hydrogens (tertiary/aromatic N) is 1. The topological polar surface area (TPSA) is 74.2 Å². The van der Waals surface area contributed by atoms with E-state index in [1.54, 1.807) is 12.1 Å². The van der Waals surface area contributed by atoms with E-state index in [1.807, 2.05) is 27.7 Å². The molecule has 0 saturated heterocycles. The summed E-state index contributed by atoms with van der Waals surface area (Å²) in [6.45, 7) is 6.78. The first-order chi connectivity index (χ1) is 13.3. The zero-order valence-electron chi connectivity index (χ0n) is 17.2. The van der Waals surface area contributed by atoms with E-state index < -0.39 is 18.8 Å². The summed E-state index contributed by atoms with van der Waals surface area (Å²) >= 11 is 0. The molecular weight excluding hydrogens is 383 g/mol. The molecule has 8 heteroatoms. The first-order valence-electron chi connectivity index (χ1n) is 9.86. The lowest BCUT2D eigenvalue weighted by Crippen LogP contribution is -2.49. The highest BCUT2D eigenvalue weighted by Gasteiger charge is 2.32. The number of aliphatic hydroxyl groups excluding tert-OH is 1. The van der Waals surface area contributed by atoms with Crippen molar-refractivity contribution in [1.82, 2.24) is 15.6 Å². The maximum atomic E-state index is 12.7. The maximum absolute atomic E-state index is 12.7. The van der Waals surface area contributed by atoms with Gasteiger partial charge in [0.15, 0.2) is 0 Å². The molecule has 1 unspecified atom stereocenters. The summed E-state index contributed by atoms with van der Waals surface area (Å²) in [5.74, 6) is -0.293. The fraction of sp³-hybridized carbons (Fsp3) is 0.619. The second kappa shape index (κ2) is 7.72. The van der Waals surface area contributed by atoms with Crippen molar-refractivity contribution in [3.8, 4) is 0 Å². The van der Waals surface area contributed by atoms with E-state index in [-0.39, 0.29) is 23.5 Å². The maximum Gasteiger partial charge on any atom is 0.401 e. The average Bonchev–Trinajstić information content (AvgIpc) is 2.56. The summed E-state index contributed by atoms with van der Waals surface area (Å²) in [5, 5.41) is 16.3. The summed E-state index contributed by atoms with van der Waals surface area (Å²) in [7, 11) is 0. The lowest BCUT2D eigenvalue weighted by atomic mass is 9.79. The zero-order valence-corrected chi connectivity index (χ0v) is 17.2. The van der Waals surface area contributed by atoms with Crippen molar-refractivity contribution in [3.05, 3.63) is 27.9 Å². The van der Waals surface area contributed by atoms with Crippen LogP contribution < -0.4 is 21.2 Å². The van der Waals surface area contributed by atoms with Crippen LogP contribution >= 0.6 is 0 Å². The number of carbonyl (C=O) groups is 1. The van der Waals surface area contributed by atoms with Crippen LogP contribution in [0.5, 0.6) is 0 Å². The molecule has 160 valence electrons. The second-order valence-electron chi connectivity index (χ2n) is 9.08. The number of pyridine rings is 1. The number of rotatable bonds is 4. The monoisotopic (exact) mass is 411 g/mol. The Morgan fingerprint density at radius 1 is 1.28 bits per heavy atom. The van der Waals surface area contributed by atoms with Crippen LogP contribution in [0.1, 0.15) is 56.1 Å². The summed E-state index contributed by atoms with van der Waals surface area (Å²) in [6.07, 6.45) is -1.39. The first-order valence-corrected chi connectivity index (χ1v) is 9.86. The van der Waals surface area contributed by atoms with Crippen molar-refractivity contribution >= 4 is 17.6 Å². The highest BCUT2D eigenvalue weighted by atomic mass is 19.4. The molecule has 5 nitrogen and oxygen atoms in total. The van der Waals surface area contributed by atoms with Crippen molar-refractivity contribution in [2.75, 3.05) is 6.54 Å². The van der Waals surface area contributed by atoms with Gasteiger partial charge in [-0.25, -0.2) is 4.98 Å². The van der Waals surface area contributed by atoms with Gasteiger partial charge in [0.25, 0.3) is 5.91 Å². The van der Waals surface area contributed by atoms with Crippen molar-refractivity contribution in [2.24, 2.45) is 5.41 Å². The lowest BCUT2D eigenvalue weighted by Gasteiger charge is -2.32. The molecule has 0 aliphatic heterocycles. The number of nitrogens with one attached hydrogen (secondary N) is 2.